The molecule has 2 N–H and O–H groups in total. The third-order valence-electron chi connectivity index (χ3n) is 2.90. The normalized spacial score (nSPS) is 32.3. The highest BCUT2D eigenvalue weighted by atomic mass is 32.1. The van der Waals surface area contributed by atoms with Crippen LogP contribution in [0.2, 0.25) is 0 Å². The molecule has 0 bridgehead atoms. The molecule has 1 fully saturated rings. The lowest BCUT2D eigenvalue weighted by Gasteiger charge is -2.23. The van der Waals surface area contributed by atoms with Gasteiger partial charge in [0.25, 0.3) is 0 Å². The quantitative estimate of drug-likeness (QED) is 0.834. The Morgan fingerprint density at radius 3 is 3.21 bits per heavy atom. The molecule has 2 rings (SSSR count). The molecular weight excluding hydrogens is 194 g/mol. The summed E-state index contributed by atoms with van der Waals surface area (Å²) in [5.41, 5.74) is 5.60. The molecule has 0 aromatic carbocycles. The summed E-state index contributed by atoms with van der Waals surface area (Å²) >= 11 is 1.78. The number of nitrogens with two attached hydrogens (primary N) is 1. The third kappa shape index (κ3) is 2.00. The van der Waals surface area contributed by atoms with Crippen LogP contribution in [-0.4, -0.2) is 12.1 Å². The number of hydrogen-bond donors (Lipinski definition) is 1. The van der Waals surface area contributed by atoms with Gasteiger partial charge in [-0.05, 0) is 44.2 Å². The van der Waals surface area contributed by atoms with E-state index in [4.69, 9.17) is 10.5 Å². The lowest BCUT2D eigenvalue weighted by molar-refractivity contribution is -0.0318. The van der Waals surface area contributed by atoms with Crippen molar-refractivity contribution in [2.24, 2.45) is 5.73 Å². The lowest BCUT2D eigenvalue weighted by Crippen LogP contribution is -2.26. The number of rotatable bonds is 3. The highest BCUT2D eigenvalue weighted by Crippen LogP contribution is 2.42. The van der Waals surface area contributed by atoms with Crippen LogP contribution in [0.1, 0.15) is 37.2 Å². The zero-order valence-electron chi connectivity index (χ0n) is 8.53. The molecule has 0 aliphatic carbocycles. The predicted molar refractivity (Wildman–Crippen MR) is 59.5 cm³/mol. The molecule has 78 valence electrons. The first-order valence-corrected chi connectivity index (χ1v) is 6.03. The number of thiophene rings is 1. The minimum absolute atomic E-state index is 0.0173. The Kier molecular flexibility index (Phi) is 2.91. The van der Waals surface area contributed by atoms with E-state index in [1.165, 1.54) is 4.88 Å². The zero-order chi connectivity index (χ0) is 10.0. The first kappa shape index (κ1) is 10.1. The van der Waals surface area contributed by atoms with Gasteiger partial charge < -0.3 is 10.5 Å². The maximum Gasteiger partial charge on any atom is 0.0925 e. The molecular formula is C11H17NOS. The van der Waals surface area contributed by atoms with Crippen LogP contribution in [0.15, 0.2) is 17.5 Å². The Bertz CT molecular complexity index is 285. The van der Waals surface area contributed by atoms with E-state index in [-0.39, 0.29) is 5.60 Å². The largest absolute Gasteiger partial charge is 0.366 e. The van der Waals surface area contributed by atoms with Crippen molar-refractivity contribution in [2.45, 2.75) is 37.9 Å². The summed E-state index contributed by atoms with van der Waals surface area (Å²) in [5, 5.41) is 2.11. The van der Waals surface area contributed by atoms with Crippen LogP contribution in [0.3, 0.4) is 0 Å². The molecule has 3 heteroatoms. The summed E-state index contributed by atoms with van der Waals surface area (Å²) in [6, 6.07) is 4.24. The molecule has 2 nitrogen and oxygen atoms in total. The molecule has 14 heavy (non-hydrogen) atoms. The molecule has 0 amide bonds. The topological polar surface area (TPSA) is 35.2 Å². The van der Waals surface area contributed by atoms with Crippen LogP contribution in [-0.2, 0) is 4.74 Å². The van der Waals surface area contributed by atoms with E-state index in [1.807, 2.05) is 0 Å². The Labute approximate surface area is 89.1 Å². The fourth-order valence-electron chi connectivity index (χ4n) is 2.06. The van der Waals surface area contributed by atoms with Crippen molar-refractivity contribution in [3.63, 3.8) is 0 Å². The summed E-state index contributed by atoms with van der Waals surface area (Å²) in [6.07, 6.45) is 3.55. The molecule has 2 atom stereocenters. The van der Waals surface area contributed by atoms with Gasteiger partial charge in [0, 0.05) is 4.88 Å². The minimum Gasteiger partial charge on any atom is -0.366 e. The first-order valence-electron chi connectivity index (χ1n) is 5.15. The summed E-state index contributed by atoms with van der Waals surface area (Å²) in [6.45, 7) is 2.89. The lowest BCUT2D eigenvalue weighted by atomic mass is 9.98. The van der Waals surface area contributed by atoms with Crippen molar-refractivity contribution in [1.82, 2.24) is 0 Å². The molecule has 2 heterocycles. The van der Waals surface area contributed by atoms with Gasteiger partial charge in [0.05, 0.1) is 11.7 Å². The van der Waals surface area contributed by atoms with Gasteiger partial charge in [0.15, 0.2) is 0 Å². The molecule has 2 unspecified atom stereocenters. The summed E-state index contributed by atoms with van der Waals surface area (Å²) in [7, 11) is 0. The van der Waals surface area contributed by atoms with Crippen molar-refractivity contribution < 1.29 is 4.74 Å². The molecule has 0 radical (unpaired) electrons. The Hall–Kier alpha value is -0.380. The summed E-state index contributed by atoms with van der Waals surface area (Å²) in [4.78, 5) is 1.35. The smallest absolute Gasteiger partial charge is 0.0925 e. The average Bonchev–Trinajstić information content (AvgIpc) is 2.73. The van der Waals surface area contributed by atoms with Gasteiger partial charge >= 0.3 is 0 Å². The van der Waals surface area contributed by atoms with Gasteiger partial charge in [-0.3, -0.25) is 0 Å². The van der Waals surface area contributed by atoms with Crippen molar-refractivity contribution >= 4 is 11.3 Å². The zero-order valence-corrected chi connectivity index (χ0v) is 9.35. The van der Waals surface area contributed by atoms with Crippen LogP contribution in [0.5, 0.6) is 0 Å². The van der Waals surface area contributed by atoms with Crippen molar-refractivity contribution in [3.05, 3.63) is 22.4 Å². The summed E-state index contributed by atoms with van der Waals surface area (Å²) in [5.74, 6) is 0. The standard InChI is InChI=1S/C11H17NOS/c1-11(6-7-12)5-4-9(13-11)10-3-2-8-14-10/h2-3,8-9H,4-7,12H2,1H3. The molecule has 1 aliphatic rings. The van der Waals surface area contributed by atoms with Crippen LogP contribution in [0.4, 0.5) is 0 Å². The van der Waals surface area contributed by atoms with Gasteiger partial charge in [-0.25, -0.2) is 0 Å². The van der Waals surface area contributed by atoms with E-state index in [0.717, 1.165) is 19.3 Å². The number of ether oxygens (including phenoxy) is 1. The van der Waals surface area contributed by atoms with Crippen LogP contribution < -0.4 is 5.73 Å². The SMILES string of the molecule is CC1(CCN)CCC(c2cccs2)O1. The second-order valence-electron chi connectivity index (χ2n) is 4.15. The van der Waals surface area contributed by atoms with Crippen LogP contribution >= 0.6 is 11.3 Å². The molecule has 0 saturated carbocycles. The Balaban J connectivity index is 2.01. The molecule has 0 spiro atoms. The molecule has 1 saturated heterocycles. The van der Waals surface area contributed by atoms with E-state index in [0.29, 0.717) is 12.6 Å². The van der Waals surface area contributed by atoms with E-state index in [2.05, 4.69) is 24.4 Å². The van der Waals surface area contributed by atoms with E-state index < -0.39 is 0 Å². The highest BCUT2D eigenvalue weighted by molar-refractivity contribution is 7.10. The molecule has 1 aliphatic heterocycles. The van der Waals surface area contributed by atoms with Gasteiger partial charge in [0.1, 0.15) is 0 Å². The van der Waals surface area contributed by atoms with E-state index in [9.17, 15) is 0 Å². The second-order valence-corrected chi connectivity index (χ2v) is 5.13. The number of hydrogen-bond acceptors (Lipinski definition) is 3. The second kappa shape index (κ2) is 4.01. The minimum atomic E-state index is 0.0173. The average molecular weight is 211 g/mol. The Morgan fingerprint density at radius 1 is 1.71 bits per heavy atom. The maximum absolute atomic E-state index is 6.06. The molecule has 1 aromatic rings. The van der Waals surface area contributed by atoms with Crippen LogP contribution in [0.25, 0.3) is 0 Å². The highest BCUT2D eigenvalue weighted by Gasteiger charge is 2.36. The third-order valence-corrected chi connectivity index (χ3v) is 3.86. The fourth-order valence-corrected chi connectivity index (χ4v) is 2.85. The van der Waals surface area contributed by atoms with Crippen molar-refractivity contribution in [1.29, 1.82) is 0 Å². The first-order chi connectivity index (χ1) is 6.73. The van der Waals surface area contributed by atoms with E-state index in [1.54, 1.807) is 11.3 Å². The monoisotopic (exact) mass is 211 g/mol. The van der Waals surface area contributed by atoms with Crippen LogP contribution in [0, 0.1) is 0 Å². The Morgan fingerprint density at radius 2 is 2.57 bits per heavy atom. The predicted octanol–water partition coefficient (Wildman–Crippen LogP) is 2.71. The van der Waals surface area contributed by atoms with E-state index >= 15 is 0 Å². The van der Waals surface area contributed by atoms with Gasteiger partial charge in [-0.2, -0.15) is 0 Å². The molecule has 1 aromatic heterocycles. The van der Waals surface area contributed by atoms with Gasteiger partial charge in [-0.1, -0.05) is 6.07 Å². The van der Waals surface area contributed by atoms with Crippen molar-refractivity contribution in [3.8, 4) is 0 Å². The summed E-state index contributed by atoms with van der Waals surface area (Å²) < 4.78 is 6.06. The fraction of sp³-hybridized carbons (Fsp3) is 0.636. The van der Waals surface area contributed by atoms with Crippen molar-refractivity contribution in [2.75, 3.05) is 6.54 Å². The van der Waals surface area contributed by atoms with Gasteiger partial charge in [0.2, 0.25) is 0 Å². The van der Waals surface area contributed by atoms with Gasteiger partial charge in [-0.15, -0.1) is 11.3 Å². The maximum atomic E-state index is 6.06.